The van der Waals surface area contributed by atoms with E-state index in [0.29, 0.717) is 32.4 Å². The van der Waals surface area contributed by atoms with Crippen molar-refractivity contribution in [1.29, 1.82) is 0 Å². The van der Waals surface area contributed by atoms with Gasteiger partial charge in [0.1, 0.15) is 9.77 Å². The molecule has 0 radical (unpaired) electrons. The van der Waals surface area contributed by atoms with Crippen LogP contribution in [0.3, 0.4) is 0 Å². The highest BCUT2D eigenvalue weighted by molar-refractivity contribution is 7.89. The number of likely N-dealkylation sites (tertiary alicyclic amines) is 1. The van der Waals surface area contributed by atoms with Gasteiger partial charge in [-0.05, 0) is 41.8 Å². The van der Waals surface area contributed by atoms with Crippen molar-refractivity contribution in [3.8, 4) is 0 Å². The maximum Gasteiger partial charge on any atom is 0.308 e. The normalized spacial score (nSPS) is 20.3. The number of sulfonamides is 1. The lowest BCUT2D eigenvalue weighted by Gasteiger charge is -2.31. The molecule has 9 heteroatoms. The Hall–Kier alpha value is -2.23. The fraction of sp³-hybridized carbons (Fsp3) is 0.400. The van der Waals surface area contributed by atoms with Crippen LogP contribution < -0.4 is 0 Å². The third-order valence-electron chi connectivity index (χ3n) is 5.59. The molecule has 1 aromatic carbocycles. The molecule has 1 saturated heterocycles. The molecule has 3 heterocycles. The first-order valence-electron chi connectivity index (χ1n) is 9.54. The summed E-state index contributed by atoms with van der Waals surface area (Å²) in [6, 6.07) is 9.25. The number of carboxylic acid groups (broad SMARTS) is 1. The first-order chi connectivity index (χ1) is 13.9. The predicted molar refractivity (Wildman–Crippen MR) is 108 cm³/mol. The van der Waals surface area contributed by atoms with E-state index in [1.54, 1.807) is 5.38 Å². The zero-order chi connectivity index (χ0) is 20.6. The van der Waals surface area contributed by atoms with Crippen LogP contribution in [-0.4, -0.2) is 54.2 Å². The van der Waals surface area contributed by atoms with Gasteiger partial charge in [-0.2, -0.15) is 4.31 Å². The van der Waals surface area contributed by atoms with Crippen LogP contribution in [0.2, 0.25) is 0 Å². The van der Waals surface area contributed by atoms with Crippen molar-refractivity contribution in [1.82, 2.24) is 9.21 Å². The number of nitrogens with zero attached hydrogens (tertiary/aromatic N) is 2. The third kappa shape index (κ3) is 3.82. The molecule has 2 aliphatic heterocycles. The van der Waals surface area contributed by atoms with Gasteiger partial charge in [-0.25, -0.2) is 8.42 Å². The van der Waals surface area contributed by atoms with E-state index < -0.39 is 27.8 Å². The highest BCUT2D eigenvalue weighted by Gasteiger charge is 2.35. The quantitative estimate of drug-likeness (QED) is 0.798. The molecule has 154 valence electrons. The first kappa shape index (κ1) is 20.1. The number of hydrogen-bond donors (Lipinski definition) is 1. The van der Waals surface area contributed by atoms with Crippen molar-refractivity contribution in [2.75, 3.05) is 19.6 Å². The van der Waals surface area contributed by atoms with Gasteiger partial charge < -0.3 is 10.0 Å². The highest BCUT2D eigenvalue weighted by Crippen LogP contribution is 2.31. The average molecular weight is 435 g/mol. The van der Waals surface area contributed by atoms with Gasteiger partial charge in [-0.15, -0.1) is 11.3 Å². The number of carbonyl (C=O) groups is 2. The van der Waals surface area contributed by atoms with E-state index in [4.69, 9.17) is 0 Å². The molecule has 0 unspecified atom stereocenters. The summed E-state index contributed by atoms with van der Waals surface area (Å²) in [7, 11) is -3.83. The summed E-state index contributed by atoms with van der Waals surface area (Å²) in [5, 5.41) is 10.9. The summed E-state index contributed by atoms with van der Waals surface area (Å²) in [4.78, 5) is 26.0. The van der Waals surface area contributed by atoms with E-state index in [-0.39, 0.29) is 22.9 Å². The smallest absolute Gasteiger partial charge is 0.308 e. The van der Waals surface area contributed by atoms with Crippen molar-refractivity contribution in [2.45, 2.75) is 30.7 Å². The van der Waals surface area contributed by atoms with E-state index >= 15 is 0 Å². The number of hydrogen-bond acceptors (Lipinski definition) is 5. The molecular weight excluding hydrogens is 412 g/mol. The van der Waals surface area contributed by atoms with Gasteiger partial charge in [0.15, 0.2) is 0 Å². The number of fused-ring (bicyclic) bond motifs is 1. The maximum absolute atomic E-state index is 13.3. The molecule has 0 spiro atoms. The highest BCUT2D eigenvalue weighted by atomic mass is 32.2. The minimum atomic E-state index is -3.83. The molecule has 2 aromatic rings. The molecule has 0 aliphatic carbocycles. The van der Waals surface area contributed by atoms with Gasteiger partial charge in [0.05, 0.1) is 5.92 Å². The topological polar surface area (TPSA) is 95.0 Å². The summed E-state index contributed by atoms with van der Waals surface area (Å²) in [6.45, 7) is 1.21. The Morgan fingerprint density at radius 2 is 1.86 bits per heavy atom. The summed E-state index contributed by atoms with van der Waals surface area (Å²) in [5.74, 6) is -1.93. The number of carboxylic acids is 1. The Bertz CT molecular complexity index is 1050. The van der Waals surface area contributed by atoms with Crippen LogP contribution in [0.5, 0.6) is 0 Å². The number of carbonyl (C=O) groups excluding carboxylic acids is 1. The molecule has 4 rings (SSSR count). The molecule has 1 amide bonds. The van der Waals surface area contributed by atoms with Crippen LogP contribution in [0.15, 0.2) is 40.6 Å². The van der Waals surface area contributed by atoms with Crippen molar-refractivity contribution >= 4 is 33.2 Å². The molecule has 29 heavy (non-hydrogen) atoms. The summed E-state index contributed by atoms with van der Waals surface area (Å²) < 4.78 is 28.0. The molecule has 0 bridgehead atoms. The molecule has 1 N–H and O–H groups in total. The zero-order valence-electron chi connectivity index (χ0n) is 15.8. The van der Waals surface area contributed by atoms with Crippen molar-refractivity contribution < 1.29 is 23.1 Å². The fourth-order valence-corrected chi connectivity index (χ4v) is 6.76. The van der Waals surface area contributed by atoms with E-state index in [0.717, 1.165) is 22.5 Å². The Kier molecular flexibility index (Phi) is 5.46. The lowest BCUT2D eigenvalue weighted by molar-refractivity contribution is -0.143. The van der Waals surface area contributed by atoms with Crippen LogP contribution in [-0.2, 0) is 27.8 Å². The van der Waals surface area contributed by atoms with Crippen LogP contribution in [0, 0.1) is 5.92 Å². The molecule has 1 fully saturated rings. The number of rotatable bonds is 4. The lowest BCUT2D eigenvalue weighted by Crippen LogP contribution is -2.43. The van der Waals surface area contributed by atoms with E-state index in [9.17, 15) is 23.1 Å². The van der Waals surface area contributed by atoms with Gasteiger partial charge in [-0.3, -0.25) is 9.59 Å². The van der Waals surface area contributed by atoms with Crippen LogP contribution in [0.25, 0.3) is 0 Å². The van der Waals surface area contributed by atoms with Gasteiger partial charge in [0.2, 0.25) is 10.0 Å². The van der Waals surface area contributed by atoms with E-state index in [1.807, 2.05) is 24.3 Å². The lowest BCUT2D eigenvalue weighted by atomic mass is 9.98. The monoisotopic (exact) mass is 434 g/mol. The van der Waals surface area contributed by atoms with Gasteiger partial charge in [-0.1, -0.05) is 24.3 Å². The fourth-order valence-electron chi connectivity index (χ4n) is 3.98. The standard InChI is InChI=1S/C20H22N2O5S2/c23-19(21-9-3-6-16(12-21)20(24)25)18-17(8-11-28-18)29(26,27)22-10-7-14-4-1-2-5-15(14)13-22/h1-2,4-5,8,11,16H,3,6-7,9-10,12-13H2,(H,24,25)/t16-/m0/s1. The second kappa shape index (κ2) is 7.89. The molecule has 7 nitrogen and oxygen atoms in total. The second-order valence-corrected chi connectivity index (χ2v) is 10.2. The van der Waals surface area contributed by atoms with Crippen LogP contribution in [0.1, 0.15) is 33.6 Å². The maximum atomic E-state index is 13.3. The molecule has 1 atom stereocenters. The van der Waals surface area contributed by atoms with Gasteiger partial charge in [0.25, 0.3) is 5.91 Å². The predicted octanol–water partition coefficient (Wildman–Crippen LogP) is 2.43. The molecular formula is C20H22N2O5S2. The third-order valence-corrected chi connectivity index (χ3v) is 8.51. The first-order valence-corrected chi connectivity index (χ1v) is 11.9. The largest absolute Gasteiger partial charge is 0.481 e. The Morgan fingerprint density at radius 1 is 1.10 bits per heavy atom. The number of aliphatic carboxylic acids is 1. The Labute approximate surface area is 173 Å². The average Bonchev–Trinajstić information content (AvgIpc) is 3.23. The summed E-state index contributed by atoms with van der Waals surface area (Å²) in [5.41, 5.74) is 2.12. The minimum Gasteiger partial charge on any atom is -0.481 e. The van der Waals surface area contributed by atoms with Crippen molar-refractivity contribution in [2.24, 2.45) is 5.92 Å². The Balaban J connectivity index is 1.59. The van der Waals surface area contributed by atoms with E-state index in [2.05, 4.69) is 0 Å². The number of thiophene rings is 1. The minimum absolute atomic E-state index is 0.0179. The van der Waals surface area contributed by atoms with Crippen LogP contribution in [0.4, 0.5) is 0 Å². The molecule has 0 saturated carbocycles. The summed E-state index contributed by atoms with van der Waals surface area (Å²) in [6.07, 6.45) is 1.76. The number of piperidine rings is 1. The number of amides is 1. The zero-order valence-corrected chi connectivity index (χ0v) is 17.4. The van der Waals surface area contributed by atoms with Gasteiger partial charge >= 0.3 is 5.97 Å². The number of benzene rings is 1. The second-order valence-electron chi connectivity index (χ2n) is 7.40. The summed E-state index contributed by atoms with van der Waals surface area (Å²) >= 11 is 1.09. The molecule has 1 aromatic heterocycles. The van der Waals surface area contributed by atoms with Gasteiger partial charge in [0, 0.05) is 26.2 Å². The van der Waals surface area contributed by atoms with Crippen LogP contribution >= 0.6 is 11.3 Å². The Morgan fingerprint density at radius 3 is 2.62 bits per heavy atom. The van der Waals surface area contributed by atoms with Crippen molar-refractivity contribution in [3.63, 3.8) is 0 Å². The molecule has 2 aliphatic rings. The SMILES string of the molecule is O=C(O)[C@H]1CCCN(C(=O)c2sccc2S(=O)(=O)N2CCc3ccccc3C2)C1. The van der Waals surface area contributed by atoms with Crippen molar-refractivity contribution in [3.05, 3.63) is 51.7 Å². The van der Waals surface area contributed by atoms with E-state index in [1.165, 1.54) is 15.3 Å².